The van der Waals surface area contributed by atoms with Gasteiger partial charge in [0.15, 0.2) is 0 Å². The number of piperidine rings is 1. The Kier molecular flexibility index (Phi) is 3.81. The average molecular weight is 324 g/mol. The van der Waals surface area contributed by atoms with Crippen LogP contribution in [0.3, 0.4) is 0 Å². The predicted molar refractivity (Wildman–Crippen MR) is 95.8 cm³/mol. The Labute approximate surface area is 139 Å². The maximum absolute atomic E-state index is 5.87. The summed E-state index contributed by atoms with van der Waals surface area (Å²) in [6, 6.07) is 0. The van der Waals surface area contributed by atoms with E-state index < -0.39 is 0 Å². The number of thiocarbonyl (C=S) groups is 1. The SMILES string of the molecule is CCC12C[C@H]3C[C@H](C1)CC(SC(=S)N1CCCCC1)(C3)C2. The molecule has 21 heavy (non-hydrogen) atoms. The van der Waals surface area contributed by atoms with Crippen molar-refractivity contribution in [2.75, 3.05) is 13.1 Å². The highest BCUT2D eigenvalue weighted by Crippen LogP contribution is 2.66. The van der Waals surface area contributed by atoms with Crippen LogP contribution in [0.1, 0.15) is 71.1 Å². The zero-order valence-corrected chi connectivity index (χ0v) is 15.0. The van der Waals surface area contributed by atoms with Crippen LogP contribution in [0.4, 0.5) is 0 Å². The summed E-state index contributed by atoms with van der Waals surface area (Å²) < 4.78 is 1.76. The molecule has 4 saturated carbocycles. The molecule has 118 valence electrons. The average Bonchev–Trinajstić information content (AvgIpc) is 2.46. The molecule has 0 radical (unpaired) electrons. The van der Waals surface area contributed by atoms with Gasteiger partial charge in [-0.15, -0.1) is 0 Å². The van der Waals surface area contributed by atoms with Crippen molar-refractivity contribution in [1.82, 2.24) is 4.90 Å². The Morgan fingerprint density at radius 2 is 1.76 bits per heavy atom. The molecular formula is C18H29NS2. The van der Waals surface area contributed by atoms with Gasteiger partial charge in [-0.2, -0.15) is 0 Å². The lowest BCUT2D eigenvalue weighted by atomic mass is 9.48. The molecule has 0 amide bonds. The third-order valence-corrected chi connectivity index (χ3v) is 8.65. The number of thioether (sulfide) groups is 1. The molecule has 5 rings (SSSR count). The minimum absolute atomic E-state index is 0.522. The molecule has 3 heteroatoms. The van der Waals surface area contributed by atoms with Gasteiger partial charge in [-0.05, 0) is 75.0 Å². The van der Waals surface area contributed by atoms with E-state index in [9.17, 15) is 0 Å². The topological polar surface area (TPSA) is 3.24 Å². The van der Waals surface area contributed by atoms with Gasteiger partial charge in [0.2, 0.25) is 0 Å². The van der Waals surface area contributed by atoms with Gasteiger partial charge in [0, 0.05) is 17.8 Å². The Balaban J connectivity index is 1.50. The summed E-state index contributed by atoms with van der Waals surface area (Å²) in [7, 11) is 0. The van der Waals surface area contributed by atoms with Crippen molar-refractivity contribution < 1.29 is 0 Å². The largest absolute Gasteiger partial charge is 0.358 e. The Morgan fingerprint density at radius 1 is 1.10 bits per heavy atom. The van der Waals surface area contributed by atoms with Crippen LogP contribution < -0.4 is 0 Å². The van der Waals surface area contributed by atoms with E-state index in [-0.39, 0.29) is 0 Å². The van der Waals surface area contributed by atoms with Gasteiger partial charge in [0.05, 0.1) is 0 Å². The van der Waals surface area contributed by atoms with Crippen LogP contribution in [0.25, 0.3) is 0 Å². The van der Waals surface area contributed by atoms with E-state index in [2.05, 4.69) is 23.6 Å². The summed E-state index contributed by atoms with van der Waals surface area (Å²) in [5.41, 5.74) is 0.689. The first-order valence-corrected chi connectivity index (χ1v) is 10.3. The predicted octanol–water partition coefficient (Wildman–Crippen LogP) is 5.24. The van der Waals surface area contributed by atoms with Crippen molar-refractivity contribution in [3.63, 3.8) is 0 Å². The summed E-state index contributed by atoms with van der Waals surface area (Å²) in [5.74, 6) is 2.03. The fourth-order valence-corrected chi connectivity index (χ4v) is 8.64. The zero-order valence-electron chi connectivity index (χ0n) is 13.4. The van der Waals surface area contributed by atoms with Gasteiger partial charge in [-0.25, -0.2) is 0 Å². The third-order valence-electron chi connectivity index (χ3n) is 6.80. The summed E-state index contributed by atoms with van der Waals surface area (Å²) >= 11 is 8.01. The van der Waals surface area contributed by atoms with Gasteiger partial charge < -0.3 is 4.90 Å². The Bertz CT molecular complexity index is 413. The van der Waals surface area contributed by atoms with E-state index in [0.717, 1.165) is 11.8 Å². The first kappa shape index (κ1) is 14.8. The summed E-state index contributed by atoms with van der Waals surface area (Å²) in [6.45, 7) is 4.87. The van der Waals surface area contributed by atoms with Crippen LogP contribution in [0.5, 0.6) is 0 Å². The van der Waals surface area contributed by atoms with Gasteiger partial charge in [-0.1, -0.05) is 37.3 Å². The molecule has 2 atom stereocenters. The molecule has 0 aromatic carbocycles. The normalized spacial score (nSPS) is 45.1. The molecule has 5 aliphatic rings. The van der Waals surface area contributed by atoms with E-state index in [4.69, 9.17) is 12.2 Å². The fourth-order valence-electron chi connectivity index (χ4n) is 6.22. The van der Waals surface area contributed by atoms with E-state index >= 15 is 0 Å². The molecule has 4 aliphatic carbocycles. The second-order valence-electron chi connectivity index (χ2n) is 8.41. The summed E-state index contributed by atoms with van der Waals surface area (Å²) in [4.78, 5) is 2.51. The van der Waals surface area contributed by atoms with Crippen molar-refractivity contribution in [1.29, 1.82) is 0 Å². The maximum Gasteiger partial charge on any atom is 0.136 e. The van der Waals surface area contributed by atoms with E-state index in [1.165, 1.54) is 81.6 Å². The molecule has 0 unspecified atom stereocenters. The van der Waals surface area contributed by atoms with Gasteiger partial charge in [0.1, 0.15) is 4.32 Å². The zero-order chi connectivity index (χ0) is 14.5. The van der Waals surface area contributed by atoms with Gasteiger partial charge >= 0.3 is 0 Å². The lowest BCUT2D eigenvalue weighted by Gasteiger charge is -2.62. The quantitative estimate of drug-likeness (QED) is 0.640. The maximum atomic E-state index is 5.87. The smallest absolute Gasteiger partial charge is 0.136 e. The van der Waals surface area contributed by atoms with Crippen molar-refractivity contribution in [2.24, 2.45) is 17.3 Å². The van der Waals surface area contributed by atoms with Crippen molar-refractivity contribution in [2.45, 2.75) is 75.9 Å². The minimum Gasteiger partial charge on any atom is -0.358 e. The van der Waals surface area contributed by atoms with Crippen LogP contribution in [0.2, 0.25) is 0 Å². The third kappa shape index (κ3) is 2.67. The Hall–Kier alpha value is 0.240. The number of nitrogens with zero attached hydrogens (tertiary/aromatic N) is 1. The number of hydrogen-bond acceptors (Lipinski definition) is 2. The van der Waals surface area contributed by atoms with Crippen molar-refractivity contribution in [3.8, 4) is 0 Å². The second kappa shape index (κ2) is 5.40. The monoisotopic (exact) mass is 323 g/mol. The van der Waals surface area contributed by atoms with Gasteiger partial charge in [-0.3, -0.25) is 0 Å². The van der Waals surface area contributed by atoms with Crippen LogP contribution in [-0.4, -0.2) is 27.1 Å². The van der Waals surface area contributed by atoms with Gasteiger partial charge in [0.25, 0.3) is 0 Å². The van der Waals surface area contributed by atoms with E-state index in [1.54, 1.807) is 0 Å². The Morgan fingerprint density at radius 3 is 2.38 bits per heavy atom. The molecule has 1 nitrogen and oxygen atoms in total. The standard InChI is InChI=1S/C18H29NS2/c1-2-17-9-14-8-15(10-17)12-18(11-14,13-17)21-16(20)19-6-4-3-5-7-19/h14-15H,2-13H2,1H3/t14-,15-,17?,18?/m1/s1. The molecule has 0 N–H and O–H groups in total. The molecule has 1 saturated heterocycles. The van der Waals surface area contributed by atoms with Crippen molar-refractivity contribution in [3.05, 3.63) is 0 Å². The number of rotatable bonds is 2. The lowest BCUT2D eigenvalue weighted by Crippen LogP contribution is -2.54. The van der Waals surface area contributed by atoms with Crippen LogP contribution in [0.15, 0.2) is 0 Å². The highest BCUT2D eigenvalue weighted by Gasteiger charge is 2.57. The first-order valence-electron chi connectivity index (χ1n) is 9.10. The van der Waals surface area contributed by atoms with Crippen LogP contribution >= 0.6 is 24.0 Å². The molecular weight excluding hydrogens is 294 g/mol. The molecule has 1 aliphatic heterocycles. The van der Waals surface area contributed by atoms with Crippen molar-refractivity contribution >= 4 is 28.3 Å². The number of hydrogen-bond donors (Lipinski definition) is 0. The highest BCUT2D eigenvalue weighted by atomic mass is 32.2. The van der Waals surface area contributed by atoms with Crippen LogP contribution in [-0.2, 0) is 0 Å². The summed E-state index contributed by atoms with van der Waals surface area (Å²) in [6.07, 6.45) is 14.5. The molecule has 0 spiro atoms. The molecule has 1 heterocycles. The minimum atomic E-state index is 0.522. The molecule has 5 fully saturated rings. The molecule has 4 bridgehead atoms. The molecule has 0 aromatic heterocycles. The van der Waals surface area contributed by atoms with Crippen LogP contribution in [0, 0.1) is 17.3 Å². The summed E-state index contributed by atoms with van der Waals surface area (Å²) in [5, 5.41) is 0. The molecule has 0 aromatic rings. The number of likely N-dealkylation sites (tertiary alicyclic amines) is 1. The lowest BCUT2D eigenvalue weighted by molar-refractivity contribution is -0.0390. The first-order chi connectivity index (χ1) is 10.1. The van der Waals surface area contributed by atoms with E-state index in [1.807, 2.05) is 0 Å². The van der Waals surface area contributed by atoms with E-state index in [0.29, 0.717) is 10.2 Å². The highest BCUT2D eigenvalue weighted by molar-refractivity contribution is 8.23. The second-order valence-corrected chi connectivity index (χ2v) is 10.5. The fraction of sp³-hybridized carbons (Fsp3) is 0.944.